The van der Waals surface area contributed by atoms with Gasteiger partial charge in [0.25, 0.3) is 0 Å². The van der Waals surface area contributed by atoms with Gasteiger partial charge in [-0.2, -0.15) is 5.26 Å². The number of nitriles is 1. The molecule has 1 aromatic carbocycles. The number of rotatable bonds is 4. The highest BCUT2D eigenvalue weighted by atomic mass is 35.5. The maximum atomic E-state index is 12.6. The summed E-state index contributed by atoms with van der Waals surface area (Å²) in [5, 5.41) is 11.3. The second kappa shape index (κ2) is 6.26. The summed E-state index contributed by atoms with van der Waals surface area (Å²) in [5.41, 5.74) is 0.590. The fourth-order valence-electron chi connectivity index (χ4n) is 1.93. The molecular weight excluding hydrogens is 322 g/mol. The Hall–Kier alpha value is -2.23. The number of aromatic nitrogens is 1. The van der Waals surface area contributed by atoms with Crippen molar-refractivity contribution in [2.75, 3.05) is 19.1 Å². The normalized spacial score (nSPS) is 12.0. The predicted octanol–water partition coefficient (Wildman–Crippen LogP) is 2.68. The predicted molar refractivity (Wildman–Crippen MR) is 86.7 cm³/mol. The third kappa shape index (κ3) is 3.16. The summed E-state index contributed by atoms with van der Waals surface area (Å²) in [7, 11) is -0.280. The van der Waals surface area contributed by atoms with Gasteiger partial charge in [-0.25, -0.2) is 8.42 Å². The summed E-state index contributed by atoms with van der Waals surface area (Å²) < 4.78 is 26.8. The van der Waals surface area contributed by atoms with Crippen LogP contribution < -0.4 is 5.01 Å². The van der Waals surface area contributed by atoms with Gasteiger partial charge in [0.05, 0.1) is 10.6 Å². The molecule has 0 aliphatic heterocycles. The molecule has 2 rings (SSSR count). The largest absolute Gasteiger partial charge is 0.319 e. The van der Waals surface area contributed by atoms with Crippen LogP contribution in [0.3, 0.4) is 0 Å². The van der Waals surface area contributed by atoms with Gasteiger partial charge in [-0.3, -0.25) is 4.68 Å². The Labute approximate surface area is 134 Å². The molecule has 0 saturated carbocycles. The van der Waals surface area contributed by atoms with Gasteiger partial charge in [0, 0.05) is 25.3 Å². The van der Waals surface area contributed by atoms with Crippen LogP contribution in [0.5, 0.6) is 0 Å². The van der Waals surface area contributed by atoms with Crippen LogP contribution in [0.25, 0.3) is 6.08 Å². The smallest absolute Gasteiger partial charge is 0.216 e. The van der Waals surface area contributed by atoms with E-state index in [1.807, 2.05) is 14.1 Å². The Bertz CT molecular complexity index is 861. The summed E-state index contributed by atoms with van der Waals surface area (Å²) in [6.45, 7) is 0. The van der Waals surface area contributed by atoms with Crippen molar-refractivity contribution < 1.29 is 8.42 Å². The maximum absolute atomic E-state index is 12.6. The van der Waals surface area contributed by atoms with E-state index in [9.17, 15) is 13.7 Å². The molecule has 2 aromatic rings. The van der Waals surface area contributed by atoms with E-state index in [4.69, 9.17) is 11.6 Å². The molecule has 0 bridgehead atoms. The van der Waals surface area contributed by atoms with Crippen molar-refractivity contribution in [3.8, 4) is 6.07 Å². The van der Waals surface area contributed by atoms with Crippen molar-refractivity contribution >= 4 is 27.5 Å². The first-order valence-electron chi connectivity index (χ1n) is 6.33. The summed E-state index contributed by atoms with van der Waals surface area (Å²) in [4.78, 5) is -0.340. The zero-order valence-corrected chi connectivity index (χ0v) is 13.6. The fourth-order valence-corrected chi connectivity index (χ4v) is 3.37. The molecule has 0 amide bonds. The second-order valence-electron chi connectivity index (χ2n) is 4.71. The van der Waals surface area contributed by atoms with E-state index < -0.39 is 9.84 Å². The van der Waals surface area contributed by atoms with Gasteiger partial charge >= 0.3 is 0 Å². The highest BCUT2D eigenvalue weighted by Gasteiger charge is 2.21. The van der Waals surface area contributed by atoms with Gasteiger partial charge < -0.3 is 5.01 Å². The standard InChI is InChI=1S/C15H14ClN3O2S/c1-18(2)19-8-4-6-13(19)10-15(11-17)22(20,21)14-7-3-5-12(16)9-14/h3-10H,1-2H3/b15-10+. The molecule has 0 aliphatic carbocycles. The average Bonchev–Trinajstić information content (AvgIpc) is 2.93. The minimum absolute atomic E-state index is 0.00393. The maximum Gasteiger partial charge on any atom is 0.216 e. The Balaban J connectivity index is 2.54. The Morgan fingerprint density at radius 2 is 2.05 bits per heavy atom. The third-order valence-corrected chi connectivity index (χ3v) is 4.87. The van der Waals surface area contributed by atoms with E-state index >= 15 is 0 Å². The van der Waals surface area contributed by atoms with E-state index in [1.54, 1.807) is 40.2 Å². The first-order valence-corrected chi connectivity index (χ1v) is 8.20. The van der Waals surface area contributed by atoms with Crippen LogP contribution in [0.2, 0.25) is 5.02 Å². The Kier molecular flexibility index (Phi) is 4.59. The van der Waals surface area contributed by atoms with E-state index in [0.717, 1.165) is 0 Å². The van der Waals surface area contributed by atoms with Gasteiger partial charge in [-0.05, 0) is 36.4 Å². The molecule has 1 aromatic heterocycles. The molecule has 0 saturated heterocycles. The SMILES string of the molecule is CN(C)n1cccc1/C=C(\C#N)S(=O)(=O)c1cccc(Cl)c1. The fraction of sp³-hybridized carbons (Fsp3) is 0.133. The lowest BCUT2D eigenvalue weighted by molar-refractivity contribution is 0.603. The van der Waals surface area contributed by atoms with Crippen LogP contribution in [0.4, 0.5) is 0 Å². The van der Waals surface area contributed by atoms with E-state index in [1.165, 1.54) is 24.3 Å². The van der Waals surface area contributed by atoms with Crippen LogP contribution in [0, 0.1) is 11.3 Å². The number of hydrogen-bond donors (Lipinski definition) is 0. The zero-order valence-electron chi connectivity index (χ0n) is 12.1. The molecule has 0 atom stereocenters. The van der Waals surface area contributed by atoms with Crippen LogP contribution in [0.15, 0.2) is 52.4 Å². The lowest BCUT2D eigenvalue weighted by Gasteiger charge is -2.16. The van der Waals surface area contributed by atoms with Crippen molar-refractivity contribution in [1.82, 2.24) is 4.68 Å². The highest BCUT2D eigenvalue weighted by molar-refractivity contribution is 7.95. The molecular formula is C15H14ClN3O2S. The topological polar surface area (TPSA) is 66.1 Å². The lowest BCUT2D eigenvalue weighted by atomic mass is 10.4. The number of halogens is 1. The molecule has 0 unspecified atom stereocenters. The van der Waals surface area contributed by atoms with Gasteiger partial charge in [0.2, 0.25) is 9.84 Å². The molecule has 0 N–H and O–H groups in total. The van der Waals surface area contributed by atoms with Crippen LogP contribution in [-0.4, -0.2) is 27.2 Å². The first kappa shape index (κ1) is 16.1. The molecule has 114 valence electrons. The van der Waals surface area contributed by atoms with Gasteiger partial charge in [-0.1, -0.05) is 17.7 Å². The molecule has 0 radical (unpaired) electrons. The van der Waals surface area contributed by atoms with Crippen molar-refractivity contribution in [1.29, 1.82) is 5.26 Å². The van der Waals surface area contributed by atoms with Crippen LogP contribution in [-0.2, 0) is 9.84 Å². The summed E-state index contributed by atoms with van der Waals surface area (Å²) in [6.07, 6.45) is 3.11. The van der Waals surface area contributed by atoms with E-state index in [2.05, 4.69) is 0 Å². The second-order valence-corrected chi connectivity index (χ2v) is 7.06. The van der Waals surface area contributed by atoms with Crippen LogP contribution in [0.1, 0.15) is 5.69 Å². The van der Waals surface area contributed by atoms with Crippen molar-refractivity contribution in [3.05, 3.63) is 58.2 Å². The molecule has 5 nitrogen and oxygen atoms in total. The molecule has 0 aliphatic rings. The summed E-state index contributed by atoms with van der Waals surface area (Å²) in [5.74, 6) is 0. The van der Waals surface area contributed by atoms with Gasteiger partial charge in [0.1, 0.15) is 6.07 Å². The number of benzene rings is 1. The van der Waals surface area contributed by atoms with Gasteiger partial charge in [-0.15, -0.1) is 0 Å². The first-order chi connectivity index (χ1) is 10.4. The lowest BCUT2D eigenvalue weighted by Crippen LogP contribution is -2.24. The molecule has 0 spiro atoms. The quantitative estimate of drug-likeness (QED) is 0.806. The van der Waals surface area contributed by atoms with Crippen LogP contribution >= 0.6 is 11.6 Å². The van der Waals surface area contributed by atoms with E-state index in [0.29, 0.717) is 10.7 Å². The molecule has 22 heavy (non-hydrogen) atoms. The van der Waals surface area contributed by atoms with Crippen molar-refractivity contribution in [2.24, 2.45) is 0 Å². The third-order valence-electron chi connectivity index (χ3n) is 2.97. The van der Waals surface area contributed by atoms with Crippen molar-refractivity contribution in [3.63, 3.8) is 0 Å². The highest BCUT2D eigenvalue weighted by Crippen LogP contribution is 2.23. The Morgan fingerprint density at radius 1 is 1.32 bits per heavy atom. The van der Waals surface area contributed by atoms with E-state index in [-0.39, 0.29) is 9.80 Å². The molecule has 1 heterocycles. The number of nitrogens with zero attached hydrogens (tertiary/aromatic N) is 3. The number of allylic oxidation sites excluding steroid dienone is 1. The monoisotopic (exact) mass is 335 g/mol. The zero-order chi connectivity index (χ0) is 16.3. The Morgan fingerprint density at radius 3 is 2.64 bits per heavy atom. The molecule has 7 heteroatoms. The molecule has 0 fully saturated rings. The minimum atomic E-state index is -3.91. The minimum Gasteiger partial charge on any atom is -0.319 e. The number of sulfone groups is 1. The van der Waals surface area contributed by atoms with Crippen molar-refractivity contribution in [2.45, 2.75) is 4.90 Å². The number of hydrogen-bond acceptors (Lipinski definition) is 4. The summed E-state index contributed by atoms with van der Waals surface area (Å²) >= 11 is 5.83. The summed E-state index contributed by atoms with van der Waals surface area (Å²) in [6, 6.07) is 11.1. The van der Waals surface area contributed by atoms with Gasteiger partial charge in [0.15, 0.2) is 4.91 Å². The average molecular weight is 336 g/mol.